The molecule has 0 radical (unpaired) electrons. The zero-order valence-electron chi connectivity index (χ0n) is 7.99. The van der Waals surface area contributed by atoms with Crippen LogP contribution in [-0.4, -0.2) is 17.0 Å². The summed E-state index contributed by atoms with van der Waals surface area (Å²) in [4.78, 5) is 22.2. The van der Waals surface area contributed by atoms with Gasteiger partial charge in [0, 0.05) is 11.8 Å². The Morgan fingerprint density at radius 1 is 1.60 bits per heavy atom. The van der Waals surface area contributed by atoms with Crippen molar-refractivity contribution in [1.82, 2.24) is 5.32 Å². The molecule has 1 atom stereocenters. The second-order valence-electron chi connectivity index (χ2n) is 2.99. The van der Waals surface area contributed by atoms with Crippen molar-refractivity contribution in [2.45, 2.75) is 19.4 Å². The molecule has 0 aliphatic carbocycles. The third kappa shape index (κ3) is 3.89. The first-order valence-electron chi connectivity index (χ1n) is 4.23. The molecule has 0 saturated heterocycles. The zero-order chi connectivity index (χ0) is 11.4. The van der Waals surface area contributed by atoms with E-state index < -0.39 is 12.0 Å². The van der Waals surface area contributed by atoms with E-state index in [4.69, 9.17) is 16.7 Å². The Morgan fingerprint density at radius 2 is 2.27 bits per heavy atom. The van der Waals surface area contributed by atoms with Crippen molar-refractivity contribution >= 4 is 34.8 Å². The number of aliphatic carboxylic acids is 1. The first kappa shape index (κ1) is 12.0. The molecule has 1 aromatic rings. The van der Waals surface area contributed by atoms with Crippen LogP contribution >= 0.6 is 22.9 Å². The maximum atomic E-state index is 10.9. The van der Waals surface area contributed by atoms with Crippen molar-refractivity contribution in [3.05, 3.63) is 21.3 Å². The lowest BCUT2D eigenvalue weighted by atomic mass is 10.1. The zero-order valence-corrected chi connectivity index (χ0v) is 9.56. The van der Waals surface area contributed by atoms with Gasteiger partial charge < -0.3 is 10.4 Å². The summed E-state index contributed by atoms with van der Waals surface area (Å²) >= 11 is 7.00. The standard InChI is InChI=1S/C9H10ClNO3S/c1-5(12)11-6(4-9(13)14)7-2-3-8(10)15-7/h2-3,6H,4H2,1H3,(H,11,12)(H,13,14). The monoisotopic (exact) mass is 247 g/mol. The molecule has 0 spiro atoms. The predicted molar refractivity (Wildman–Crippen MR) is 58.1 cm³/mol. The van der Waals surface area contributed by atoms with Crippen LogP contribution in [0.1, 0.15) is 24.3 Å². The molecule has 0 aromatic carbocycles. The lowest BCUT2D eigenvalue weighted by molar-refractivity contribution is -0.137. The van der Waals surface area contributed by atoms with Gasteiger partial charge in [0.05, 0.1) is 16.8 Å². The van der Waals surface area contributed by atoms with Gasteiger partial charge in [0.1, 0.15) is 0 Å². The average molecular weight is 248 g/mol. The highest BCUT2D eigenvalue weighted by molar-refractivity contribution is 7.16. The largest absolute Gasteiger partial charge is 0.481 e. The van der Waals surface area contributed by atoms with Gasteiger partial charge in [-0.1, -0.05) is 11.6 Å². The first-order valence-corrected chi connectivity index (χ1v) is 5.42. The van der Waals surface area contributed by atoms with Crippen LogP contribution in [0.15, 0.2) is 12.1 Å². The number of thiophene rings is 1. The highest BCUT2D eigenvalue weighted by Gasteiger charge is 2.18. The number of nitrogens with one attached hydrogen (secondary N) is 1. The molecule has 6 heteroatoms. The Morgan fingerprint density at radius 3 is 2.67 bits per heavy atom. The molecule has 15 heavy (non-hydrogen) atoms. The molecule has 0 bridgehead atoms. The number of carboxylic acid groups (broad SMARTS) is 1. The highest BCUT2D eigenvalue weighted by atomic mass is 35.5. The van der Waals surface area contributed by atoms with E-state index in [0.717, 1.165) is 4.88 Å². The Hall–Kier alpha value is -1.07. The van der Waals surface area contributed by atoms with E-state index >= 15 is 0 Å². The third-order valence-electron chi connectivity index (χ3n) is 1.69. The minimum atomic E-state index is -0.960. The molecule has 1 amide bonds. The van der Waals surface area contributed by atoms with E-state index in [-0.39, 0.29) is 12.3 Å². The number of carboxylic acids is 1. The molecule has 82 valence electrons. The Labute approximate surface area is 95.9 Å². The fourth-order valence-corrected chi connectivity index (χ4v) is 2.27. The second kappa shape index (κ2) is 5.14. The van der Waals surface area contributed by atoms with E-state index in [1.54, 1.807) is 12.1 Å². The van der Waals surface area contributed by atoms with Crippen LogP contribution in [0.25, 0.3) is 0 Å². The topological polar surface area (TPSA) is 66.4 Å². The lowest BCUT2D eigenvalue weighted by Gasteiger charge is -2.13. The van der Waals surface area contributed by atoms with E-state index in [1.807, 2.05) is 0 Å². The predicted octanol–water partition coefficient (Wildman–Crippen LogP) is 2.05. The van der Waals surface area contributed by atoms with E-state index in [2.05, 4.69) is 5.32 Å². The van der Waals surface area contributed by atoms with E-state index in [9.17, 15) is 9.59 Å². The molecule has 1 unspecified atom stereocenters. The number of halogens is 1. The van der Waals surface area contributed by atoms with Crippen LogP contribution in [0.4, 0.5) is 0 Å². The quantitative estimate of drug-likeness (QED) is 0.856. The molecule has 0 saturated carbocycles. The van der Waals surface area contributed by atoms with Gasteiger partial charge in [0.25, 0.3) is 0 Å². The summed E-state index contributed by atoms with van der Waals surface area (Å²) < 4.78 is 0.575. The van der Waals surface area contributed by atoms with Gasteiger partial charge in [-0.15, -0.1) is 11.3 Å². The summed E-state index contributed by atoms with van der Waals surface area (Å²) in [5.41, 5.74) is 0. The summed E-state index contributed by atoms with van der Waals surface area (Å²) in [6, 6.07) is 2.90. The smallest absolute Gasteiger partial charge is 0.305 e. The van der Waals surface area contributed by atoms with Gasteiger partial charge >= 0.3 is 5.97 Å². The average Bonchev–Trinajstić information content (AvgIpc) is 2.48. The van der Waals surface area contributed by atoms with Crippen LogP contribution < -0.4 is 5.32 Å². The number of carbonyl (C=O) groups is 2. The Kier molecular flexibility index (Phi) is 4.11. The van der Waals surface area contributed by atoms with Crippen molar-refractivity contribution in [2.75, 3.05) is 0 Å². The molecular weight excluding hydrogens is 238 g/mol. The van der Waals surface area contributed by atoms with Gasteiger partial charge in [0.2, 0.25) is 5.91 Å². The van der Waals surface area contributed by atoms with Gasteiger partial charge in [-0.05, 0) is 12.1 Å². The van der Waals surface area contributed by atoms with Crippen LogP contribution in [0.2, 0.25) is 4.34 Å². The van der Waals surface area contributed by atoms with Gasteiger partial charge in [0.15, 0.2) is 0 Å². The lowest BCUT2D eigenvalue weighted by Crippen LogP contribution is -2.27. The van der Waals surface area contributed by atoms with Crippen LogP contribution in [0, 0.1) is 0 Å². The molecule has 0 aliphatic rings. The van der Waals surface area contributed by atoms with E-state index in [1.165, 1.54) is 18.3 Å². The number of amides is 1. The molecule has 2 N–H and O–H groups in total. The fourth-order valence-electron chi connectivity index (χ4n) is 1.16. The summed E-state index contributed by atoms with van der Waals surface area (Å²) in [6.07, 6.45) is -0.142. The summed E-state index contributed by atoms with van der Waals surface area (Å²) in [7, 11) is 0. The van der Waals surface area contributed by atoms with Crippen LogP contribution in [0.3, 0.4) is 0 Å². The van der Waals surface area contributed by atoms with Gasteiger partial charge in [-0.3, -0.25) is 9.59 Å². The van der Waals surface area contributed by atoms with Crippen LogP contribution in [0.5, 0.6) is 0 Å². The molecular formula is C9H10ClNO3S. The van der Waals surface area contributed by atoms with Crippen molar-refractivity contribution in [3.63, 3.8) is 0 Å². The number of carbonyl (C=O) groups excluding carboxylic acids is 1. The minimum Gasteiger partial charge on any atom is -0.481 e. The fraction of sp³-hybridized carbons (Fsp3) is 0.333. The van der Waals surface area contributed by atoms with Crippen LogP contribution in [-0.2, 0) is 9.59 Å². The molecule has 0 fully saturated rings. The Bertz CT molecular complexity index is 361. The second-order valence-corrected chi connectivity index (χ2v) is 4.74. The number of hydrogen-bond donors (Lipinski definition) is 2. The SMILES string of the molecule is CC(=O)NC(CC(=O)O)c1ccc(Cl)s1. The van der Waals surface area contributed by atoms with E-state index in [0.29, 0.717) is 4.34 Å². The van der Waals surface area contributed by atoms with Gasteiger partial charge in [-0.2, -0.15) is 0 Å². The molecule has 4 nitrogen and oxygen atoms in total. The maximum Gasteiger partial charge on any atom is 0.305 e. The normalized spacial score (nSPS) is 12.1. The van der Waals surface area contributed by atoms with Gasteiger partial charge in [-0.25, -0.2) is 0 Å². The van der Waals surface area contributed by atoms with Crippen molar-refractivity contribution in [3.8, 4) is 0 Å². The van der Waals surface area contributed by atoms with Crippen molar-refractivity contribution in [1.29, 1.82) is 0 Å². The molecule has 1 heterocycles. The molecule has 1 rings (SSSR count). The maximum absolute atomic E-state index is 10.9. The van der Waals surface area contributed by atoms with Crippen molar-refractivity contribution < 1.29 is 14.7 Å². The minimum absolute atomic E-state index is 0.142. The van der Waals surface area contributed by atoms with Crippen molar-refractivity contribution in [2.24, 2.45) is 0 Å². The Balaban J connectivity index is 2.80. The third-order valence-corrected chi connectivity index (χ3v) is 3.04. The summed E-state index contributed by atoms with van der Waals surface area (Å²) in [5, 5.41) is 11.3. The highest BCUT2D eigenvalue weighted by Crippen LogP contribution is 2.28. The number of hydrogen-bond acceptors (Lipinski definition) is 3. The molecule has 1 aromatic heterocycles. The summed E-state index contributed by atoms with van der Waals surface area (Å²) in [5.74, 6) is -1.22. The number of rotatable bonds is 4. The molecule has 0 aliphatic heterocycles. The summed E-state index contributed by atoms with van der Waals surface area (Å²) in [6.45, 7) is 1.35. The first-order chi connectivity index (χ1) is 6.99.